The number of nitrogens with zero attached hydrogens (tertiary/aromatic N) is 4. The fraction of sp³-hybridized carbons (Fsp3) is 0.167. The summed E-state index contributed by atoms with van der Waals surface area (Å²) in [7, 11) is 3.40. The minimum Gasteiger partial charge on any atom is -0.491 e. The van der Waals surface area contributed by atoms with Gasteiger partial charge in [0.1, 0.15) is 18.2 Å². The molecular weight excluding hydrogens is 390 g/mol. The average molecular weight is 413 g/mol. The van der Waals surface area contributed by atoms with Crippen LogP contribution >= 0.6 is 0 Å². The first-order chi connectivity index (χ1) is 15.3. The molecule has 0 radical (unpaired) electrons. The molecule has 0 aliphatic carbocycles. The Morgan fingerprint density at radius 1 is 1.03 bits per heavy atom. The van der Waals surface area contributed by atoms with E-state index in [-0.39, 0.29) is 0 Å². The summed E-state index contributed by atoms with van der Waals surface area (Å²) in [6, 6.07) is 17.6. The summed E-state index contributed by atoms with van der Waals surface area (Å²) in [5.41, 5.74) is 3.56. The monoisotopic (exact) mass is 413 g/mol. The van der Waals surface area contributed by atoms with Crippen LogP contribution in [0.2, 0.25) is 0 Å². The number of pyridine rings is 1. The second kappa shape index (κ2) is 9.77. The summed E-state index contributed by atoms with van der Waals surface area (Å²) in [4.78, 5) is 17.8. The molecule has 0 bridgehead atoms. The van der Waals surface area contributed by atoms with Crippen molar-refractivity contribution in [2.75, 3.05) is 32.7 Å². The predicted molar refractivity (Wildman–Crippen MR) is 123 cm³/mol. The second-order valence-corrected chi connectivity index (χ2v) is 6.80. The first-order valence-electron chi connectivity index (χ1n) is 9.90. The SMILES string of the molecule is CN=Cc1cccc(Nc2nc(-c3cccnc3)nc3ccc(OCCOC)cc23)c1. The van der Waals surface area contributed by atoms with Crippen LogP contribution in [0, 0.1) is 0 Å². The number of rotatable bonds is 8. The van der Waals surface area contributed by atoms with Gasteiger partial charge in [0, 0.05) is 49.4 Å². The molecule has 7 heteroatoms. The van der Waals surface area contributed by atoms with Crippen LogP contribution in [-0.2, 0) is 4.74 Å². The molecule has 31 heavy (non-hydrogen) atoms. The second-order valence-electron chi connectivity index (χ2n) is 6.80. The van der Waals surface area contributed by atoms with Gasteiger partial charge in [-0.3, -0.25) is 9.98 Å². The maximum absolute atomic E-state index is 5.79. The van der Waals surface area contributed by atoms with Crippen LogP contribution in [-0.4, -0.2) is 48.5 Å². The number of aliphatic imine (C=N–C) groups is 1. The molecule has 4 aromatic rings. The highest BCUT2D eigenvalue weighted by molar-refractivity contribution is 5.93. The van der Waals surface area contributed by atoms with Crippen molar-refractivity contribution in [3.05, 3.63) is 72.6 Å². The molecule has 0 amide bonds. The predicted octanol–water partition coefficient (Wildman–Crippen LogP) is 4.51. The Kier molecular flexibility index (Phi) is 6.44. The van der Waals surface area contributed by atoms with Gasteiger partial charge in [0.2, 0.25) is 0 Å². The average Bonchev–Trinajstić information content (AvgIpc) is 2.80. The topological polar surface area (TPSA) is 81.5 Å². The number of anilines is 2. The first kappa shape index (κ1) is 20.4. The van der Waals surface area contributed by atoms with Gasteiger partial charge >= 0.3 is 0 Å². The van der Waals surface area contributed by atoms with Gasteiger partial charge in [-0.25, -0.2) is 9.97 Å². The van der Waals surface area contributed by atoms with Gasteiger partial charge in [-0.2, -0.15) is 0 Å². The first-order valence-corrected chi connectivity index (χ1v) is 9.90. The van der Waals surface area contributed by atoms with E-state index in [0.29, 0.717) is 24.9 Å². The van der Waals surface area contributed by atoms with Gasteiger partial charge in [0.05, 0.1) is 12.1 Å². The molecule has 0 aliphatic heterocycles. The Morgan fingerprint density at radius 2 is 1.97 bits per heavy atom. The van der Waals surface area contributed by atoms with E-state index in [9.17, 15) is 0 Å². The number of fused-ring (bicyclic) bond motifs is 1. The van der Waals surface area contributed by atoms with Crippen molar-refractivity contribution >= 4 is 28.6 Å². The van der Waals surface area contributed by atoms with Crippen LogP contribution in [0.15, 0.2) is 72.0 Å². The minimum atomic E-state index is 0.470. The highest BCUT2D eigenvalue weighted by atomic mass is 16.5. The molecule has 0 saturated carbocycles. The number of aromatic nitrogens is 3. The summed E-state index contributed by atoms with van der Waals surface area (Å²) in [6.45, 7) is 0.989. The molecule has 1 N–H and O–H groups in total. The van der Waals surface area contributed by atoms with Gasteiger partial charge in [-0.15, -0.1) is 0 Å². The minimum absolute atomic E-state index is 0.470. The van der Waals surface area contributed by atoms with Crippen LogP contribution in [0.3, 0.4) is 0 Å². The van der Waals surface area contributed by atoms with Gasteiger partial charge in [0.25, 0.3) is 0 Å². The summed E-state index contributed by atoms with van der Waals surface area (Å²) in [5.74, 6) is 2.02. The van der Waals surface area contributed by atoms with Crippen LogP contribution in [0.4, 0.5) is 11.5 Å². The smallest absolute Gasteiger partial charge is 0.163 e. The standard InChI is InChI=1S/C24H23N5O2/c1-25-15-17-5-3-7-19(13-17)27-24-21-14-20(31-12-11-30-2)8-9-22(21)28-23(29-24)18-6-4-10-26-16-18/h3-10,13-16H,11-12H2,1-2H3,(H,27,28,29). The summed E-state index contributed by atoms with van der Waals surface area (Å²) >= 11 is 0. The Hall–Kier alpha value is -3.84. The zero-order chi connectivity index (χ0) is 21.5. The molecule has 2 aromatic heterocycles. The van der Waals surface area contributed by atoms with Crippen molar-refractivity contribution in [3.8, 4) is 17.1 Å². The number of nitrogens with one attached hydrogen (secondary N) is 1. The lowest BCUT2D eigenvalue weighted by Crippen LogP contribution is -2.05. The van der Waals surface area contributed by atoms with Crippen LogP contribution in [0.1, 0.15) is 5.56 Å². The summed E-state index contributed by atoms with van der Waals surface area (Å²) in [5, 5.41) is 4.30. The number of ether oxygens (including phenoxy) is 2. The number of hydrogen-bond acceptors (Lipinski definition) is 7. The maximum Gasteiger partial charge on any atom is 0.163 e. The maximum atomic E-state index is 5.79. The van der Waals surface area contributed by atoms with Gasteiger partial charge < -0.3 is 14.8 Å². The zero-order valence-corrected chi connectivity index (χ0v) is 17.4. The van der Waals surface area contributed by atoms with Crippen molar-refractivity contribution in [1.82, 2.24) is 15.0 Å². The van der Waals surface area contributed by atoms with Gasteiger partial charge in [-0.1, -0.05) is 12.1 Å². The molecule has 2 heterocycles. The highest BCUT2D eigenvalue weighted by Gasteiger charge is 2.12. The fourth-order valence-corrected chi connectivity index (χ4v) is 3.14. The summed E-state index contributed by atoms with van der Waals surface area (Å²) < 4.78 is 10.9. The lowest BCUT2D eigenvalue weighted by atomic mass is 10.1. The molecule has 0 unspecified atom stereocenters. The third-order valence-corrected chi connectivity index (χ3v) is 4.57. The summed E-state index contributed by atoms with van der Waals surface area (Å²) in [6.07, 6.45) is 5.30. The van der Waals surface area contributed by atoms with Crippen LogP contribution in [0.25, 0.3) is 22.3 Å². The third-order valence-electron chi connectivity index (χ3n) is 4.57. The Bertz CT molecular complexity index is 1200. The van der Waals surface area contributed by atoms with E-state index in [1.807, 2.05) is 60.8 Å². The lowest BCUT2D eigenvalue weighted by Gasteiger charge is -2.13. The van der Waals surface area contributed by atoms with E-state index < -0.39 is 0 Å². The Morgan fingerprint density at radius 3 is 2.77 bits per heavy atom. The number of methoxy groups -OCH3 is 1. The fourth-order valence-electron chi connectivity index (χ4n) is 3.14. The van der Waals surface area contributed by atoms with Crippen LogP contribution in [0.5, 0.6) is 5.75 Å². The van der Waals surface area contributed by atoms with Crippen molar-refractivity contribution < 1.29 is 9.47 Å². The Balaban J connectivity index is 1.78. The van der Waals surface area contributed by atoms with E-state index in [1.54, 1.807) is 26.6 Å². The normalized spacial score (nSPS) is 11.2. The van der Waals surface area contributed by atoms with E-state index in [0.717, 1.165) is 33.5 Å². The number of benzene rings is 2. The largest absolute Gasteiger partial charge is 0.491 e. The van der Waals surface area contributed by atoms with Gasteiger partial charge in [0.15, 0.2) is 5.82 Å². The molecule has 0 aliphatic rings. The van der Waals surface area contributed by atoms with Crippen molar-refractivity contribution in [3.63, 3.8) is 0 Å². The molecule has 0 atom stereocenters. The molecule has 2 aromatic carbocycles. The molecule has 4 rings (SSSR count). The molecule has 0 fully saturated rings. The van der Waals surface area contributed by atoms with Gasteiger partial charge in [-0.05, 0) is 48.0 Å². The Labute approximate surface area is 180 Å². The van der Waals surface area contributed by atoms with E-state index in [2.05, 4.69) is 15.3 Å². The van der Waals surface area contributed by atoms with E-state index in [4.69, 9.17) is 19.4 Å². The lowest BCUT2D eigenvalue weighted by molar-refractivity contribution is 0.146. The van der Waals surface area contributed by atoms with Crippen molar-refractivity contribution in [1.29, 1.82) is 0 Å². The van der Waals surface area contributed by atoms with Crippen molar-refractivity contribution in [2.45, 2.75) is 0 Å². The van der Waals surface area contributed by atoms with Crippen LogP contribution < -0.4 is 10.1 Å². The molecule has 156 valence electrons. The molecule has 7 nitrogen and oxygen atoms in total. The van der Waals surface area contributed by atoms with Crippen molar-refractivity contribution in [2.24, 2.45) is 4.99 Å². The number of hydrogen-bond donors (Lipinski definition) is 1. The highest BCUT2D eigenvalue weighted by Crippen LogP contribution is 2.30. The molecule has 0 spiro atoms. The zero-order valence-electron chi connectivity index (χ0n) is 17.4. The quantitative estimate of drug-likeness (QED) is 0.338. The molecule has 0 saturated heterocycles. The van der Waals surface area contributed by atoms with E-state index in [1.165, 1.54) is 0 Å². The molecular formula is C24H23N5O2. The van der Waals surface area contributed by atoms with E-state index >= 15 is 0 Å². The third kappa shape index (κ3) is 5.02.